The molecule has 0 unspecified atom stereocenters. The smallest absolute Gasteiger partial charge is 0.315 e. The number of carbonyl (C=O) groups excluding carboxylic acids is 1. The van der Waals surface area contributed by atoms with Crippen molar-refractivity contribution in [1.82, 2.24) is 0 Å². The van der Waals surface area contributed by atoms with Crippen LogP contribution in [-0.2, 0) is 4.79 Å². The van der Waals surface area contributed by atoms with Crippen molar-refractivity contribution in [1.29, 1.82) is 0 Å². The lowest BCUT2D eigenvalue weighted by molar-refractivity contribution is -0.126. The number of hydrogen-bond acceptors (Lipinski definition) is 1. The van der Waals surface area contributed by atoms with Crippen LogP contribution in [0.15, 0.2) is 18.2 Å². The monoisotopic (exact) mass is 203 g/mol. The first-order chi connectivity index (χ1) is 6.52. The van der Waals surface area contributed by atoms with Crippen LogP contribution in [0.1, 0.15) is 5.56 Å². The molecule has 0 fully saturated rings. The molecule has 0 heterocycles. The molecule has 1 amide bonds. The van der Waals surface area contributed by atoms with Gasteiger partial charge in [-0.2, -0.15) is 8.78 Å². The minimum atomic E-state index is -3.10. The maximum Gasteiger partial charge on any atom is 0.315 e. The summed E-state index contributed by atoms with van der Waals surface area (Å²) in [5, 5.41) is 1.92. The van der Waals surface area contributed by atoms with E-state index in [1.807, 2.05) is 5.32 Å². The van der Waals surface area contributed by atoms with Crippen molar-refractivity contribution >= 4 is 11.6 Å². The Balaban J connectivity index is 2.87. The number of hydrogen-bond donors (Lipinski definition) is 1. The topological polar surface area (TPSA) is 29.1 Å². The summed E-state index contributed by atoms with van der Waals surface area (Å²) in [5.41, 5.74) is 0.205. The fraction of sp³-hybridized carbons (Fsp3) is 0.222. The first-order valence-electron chi connectivity index (χ1n) is 3.86. The Kier molecular flexibility index (Phi) is 3.11. The van der Waals surface area contributed by atoms with Gasteiger partial charge in [0.1, 0.15) is 5.82 Å². The van der Waals surface area contributed by atoms with Crippen LogP contribution in [0.3, 0.4) is 0 Å². The molecule has 14 heavy (non-hydrogen) atoms. The number of halogens is 3. The van der Waals surface area contributed by atoms with E-state index in [9.17, 15) is 18.0 Å². The lowest BCUT2D eigenvalue weighted by Gasteiger charge is -2.07. The molecule has 0 aliphatic heterocycles. The molecule has 1 aromatic rings. The third kappa shape index (κ3) is 2.25. The Bertz CT molecular complexity index is 352. The number of benzene rings is 1. The van der Waals surface area contributed by atoms with Crippen molar-refractivity contribution in [2.24, 2.45) is 0 Å². The van der Waals surface area contributed by atoms with Gasteiger partial charge in [-0.1, -0.05) is 6.07 Å². The second-order valence-electron chi connectivity index (χ2n) is 2.70. The maximum atomic E-state index is 12.9. The van der Waals surface area contributed by atoms with E-state index in [4.69, 9.17) is 0 Å². The van der Waals surface area contributed by atoms with Gasteiger partial charge in [-0.3, -0.25) is 4.79 Å². The van der Waals surface area contributed by atoms with E-state index in [1.54, 1.807) is 0 Å². The number of alkyl halides is 2. The Morgan fingerprint density at radius 2 is 2.07 bits per heavy atom. The van der Waals surface area contributed by atoms with Crippen LogP contribution in [0, 0.1) is 12.7 Å². The molecule has 0 aliphatic rings. The second-order valence-corrected chi connectivity index (χ2v) is 2.70. The minimum absolute atomic E-state index is 0.0651. The summed E-state index contributed by atoms with van der Waals surface area (Å²) in [6, 6.07) is 3.88. The molecule has 0 atom stereocenters. The molecule has 76 valence electrons. The van der Waals surface area contributed by atoms with Crippen molar-refractivity contribution in [2.75, 3.05) is 5.32 Å². The Morgan fingerprint density at radius 3 is 2.64 bits per heavy atom. The summed E-state index contributed by atoms with van der Waals surface area (Å²) in [7, 11) is 0. The molecule has 1 N–H and O–H groups in total. The second kappa shape index (κ2) is 4.13. The van der Waals surface area contributed by atoms with Crippen LogP contribution in [0.2, 0.25) is 0 Å². The van der Waals surface area contributed by atoms with Crippen LogP contribution in [0.4, 0.5) is 18.9 Å². The molecule has 0 aliphatic carbocycles. The molecular weight excluding hydrogens is 195 g/mol. The summed E-state index contributed by atoms with van der Waals surface area (Å²) in [6.07, 6.45) is -3.10. The van der Waals surface area contributed by atoms with E-state index >= 15 is 0 Å². The Hall–Kier alpha value is -1.52. The predicted molar refractivity (Wildman–Crippen MR) is 45.8 cm³/mol. The van der Waals surface area contributed by atoms with E-state index < -0.39 is 18.1 Å². The Labute approximate surface area is 78.7 Å². The van der Waals surface area contributed by atoms with Gasteiger partial charge in [0.15, 0.2) is 0 Å². The van der Waals surface area contributed by atoms with Gasteiger partial charge in [0.2, 0.25) is 0 Å². The molecule has 1 rings (SSSR count). The van der Waals surface area contributed by atoms with Crippen molar-refractivity contribution in [2.45, 2.75) is 13.3 Å². The molecule has 0 saturated carbocycles. The minimum Gasteiger partial charge on any atom is -0.321 e. The van der Waals surface area contributed by atoms with Crippen molar-refractivity contribution in [3.05, 3.63) is 29.6 Å². The van der Waals surface area contributed by atoms with Gasteiger partial charge in [0.25, 0.3) is 5.91 Å². The van der Waals surface area contributed by atoms with Crippen molar-refractivity contribution in [3.63, 3.8) is 0 Å². The molecule has 0 bridgehead atoms. The number of nitrogens with one attached hydrogen (secondary N) is 1. The van der Waals surface area contributed by atoms with Crippen LogP contribution in [-0.4, -0.2) is 12.3 Å². The molecule has 0 saturated heterocycles. The number of anilines is 1. The van der Waals surface area contributed by atoms with Crippen molar-refractivity contribution < 1.29 is 18.0 Å². The van der Waals surface area contributed by atoms with Crippen LogP contribution < -0.4 is 5.32 Å². The largest absolute Gasteiger partial charge is 0.321 e. The van der Waals surface area contributed by atoms with E-state index in [0.29, 0.717) is 0 Å². The molecule has 0 radical (unpaired) electrons. The summed E-state index contributed by atoms with van der Waals surface area (Å²) in [5.74, 6) is -1.98. The third-order valence-electron chi connectivity index (χ3n) is 1.72. The lowest BCUT2D eigenvalue weighted by Crippen LogP contribution is -2.20. The first kappa shape index (κ1) is 10.6. The van der Waals surface area contributed by atoms with Crippen molar-refractivity contribution in [3.8, 4) is 0 Å². The van der Waals surface area contributed by atoms with E-state index in [-0.39, 0.29) is 11.3 Å². The molecule has 1 aromatic carbocycles. The fourth-order valence-corrected chi connectivity index (χ4v) is 0.930. The molecule has 0 spiro atoms. The molecular formula is C9H8F3NO. The molecule has 2 nitrogen and oxygen atoms in total. The third-order valence-corrected chi connectivity index (χ3v) is 1.72. The van der Waals surface area contributed by atoms with E-state index in [1.165, 1.54) is 25.1 Å². The zero-order valence-corrected chi connectivity index (χ0v) is 7.35. The van der Waals surface area contributed by atoms with E-state index in [0.717, 1.165) is 0 Å². The van der Waals surface area contributed by atoms with Gasteiger partial charge >= 0.3 is 6.43 Å². The number of rotatable bonds is 2. The number of carbonyl (C=O) groups is 1. The maximum absolute atomic E-state index is 12.9. The standard InChI is InChI=1S/C9H8F3NO/c1-5-6(10)3-2-4-7(5)13-9(14)8(11)12/h2-4,8H,1H3,(H,13,14). The van der Waals surface area contributed by atoms with Gasteiger partial charge in [0.05, 0.1) is 0 Å². The summed E-state index contributed by atoms with van der Waals surface area (Å²) in [6.45, 7) is 1.40. The Morgan fingerprint density at radius 1 is 1.43 bits per heavy atom. The van der Waals surface area contributed by atoms with E-state index in [2.05, 4.69) is 0 Å². The van der Waals surface area contributed by atoms with Gasteiger partial charge in [0, 0.05) is 11.3 Å². The zero-order valence-electron chi connectivity index (χ0n) is 7.35. The highest BCUT2D eigenvalue weighted by atomic mass is 19.3. The summed E-state index contributed by atoms with van der Waals surface area (Å²) >= 11 is 0. The zero-order chi connectivity index (χ0) is 10.7. The average Bonchev–Trinajstić information content (AvgIpc) is 2.12. The highest BCUT2D eigenvalue weighted by molar-refractivity contribution is 5.93. The summed E-state index contributed by atoms with van der Waals surface area (Å²) in [4.78, 5) is 10.6. The quantitative estimate of drug-likeness (QED) is 0.785. The highest BCUT2D eigenvalue weighted by Gasteiger charge is 2.16. The van der Waals surface area contributed by atoms with Crippen LogP contribution >= 0.6 is 0 Å². The molecule has 0 aromatic heterocycles. The molecule has 5 heteroatoms. The number of amides is 1. The normalized spacial score (nSPS) is 10.4. The fourth-order valence-electron chi connectivity index (χ4n) is 0.930. The van der Waals surface area contributed by atoms with Gasteiger partial charge < -0.3 is 5.32 Å². The van der Waals surface area contributed by atoms with Crippen LogP contribution in [0.25, 0.3) is 0 Å². The van der Waals surface area contributed by atoms with Crippen LogP contribution in [0.5, 0.6) is 0 Å². The van der Waals surface area contributed by atoms with Gasteiger partial charge in [-0.25, -0.2) is 4.39 Å². The van der Waals surface area contributed by atoms with Gasteiger partial charge in [-0.05, 0) is 19.1 Å². The predicted octanol–water partition coefficient (Wildman–Crippen LogP) is 2.34. The SMILES string of the molecule is Cc1c(F)cccc1NC(=O)C(F)F. The first-order valence-corrected chi connectivity index (χ1v) is 3.86. The van der Waals surface area contributed by atoms with Gasteiger partial charge in [-0.15, -0.1) is 0 Å². The average molecular weight is 203 g/mol. The highest BCUT2D eigenvalue weighted by Crippen LogP contribution is 2.17. The lowest BCUT2D eigenvalue weighted by atomic mass is 10.2. The summed E-state index contributed by atoms with van der Waals surface area (Å²) < 4.78 is 36.6.